The molecular formula is C9H11Cl2OP. The zero-order valence-electron chi connectivity index (χ0n) is 7.55. The molecule has 0 atom stereocenters. The van der Waals surface area contributed by atoms with Crippen LogP contribution >= 0.6 is 29.1 Å². The molecular weight excluding hydrogens is 226 g/mol. The molecule has 0 saturated heterocycles. The minimum atomic E-state index is -0.944. The summed E-state index contributed by atoms with van der Waals surface area (Å²) in [5, 5.41) is 0. The van der Waals surface area contributed by atoms with Crippen LogP contribution in [0.25, 0.3) is 0 Å². The van der Waals surface area contributed by atoms with Crippen LogP contribution in [-0.4, -0.2) is 7.11 Å². The van der Waals surface area contributed by atoms with E-state index < -0.39 is 6.63 Å². The highest BCUT2D eigenvalue weighted by atomic mass is 35.9. The SMILES string of the molecule is COc1cc(C)ccc1CP(Cl)Cl. The van der Waals surface area contributed by atoms with Gasteiger partial charge in [0.2, 0.25) is 0 Å². The van der Waals surface area contributed by atoms with Gasteiger partial charge >= 0.3 is 0 Å². The smallest absolute Gasteiger partial charge is 0.122 e. The van der Waals surface area contributed by atoms with Gasteiger partial charge in [0, 0.05) is 11.7 Å². The van der Waals surface area contributed by atoms with E-state index in [2.05, 4.69) is 0 Å². The van der Waals surface area contributed by atoms with Crippen molar-refractivity contribution in [1.82, 2.24) is 0 Å². The summed E-state index contributed by atoms with van der Waals surface area (Å²) in [6.45, 7) is 1.08. The summed E-state index contributed by atoms with van der Waals surface area (Å²) in [6.07, 6.45) is 0.682. The first-order chi connectivity index (χ1) is 6.13. The zero-order valence-corrected chi connectivity index (χ0v) is 9.96. The van der Waals surface area contributed by atoms with Crippen LogP contribution in [0.5, 0.6) is 5.75 Å². The zero-order chi connectivity index (χ0) is 9.84. The molecule has 0 aliphatic rings. The Morgan fingerprint density at radius 1 is 1.38 bits per heavy atom. The van der Waals surface area contributed by atoms with Crippen LogP contribution in [0.3, 0.4) is 0 Å². The molecule has 1 nitrogen and oxygen atoms in total. The van der Waals surface area contributed by atoms with Crippen molar-refractivity contribution in [1.29, 1.82) is 0 Å². The third-order valence-electron chi connectivity index (χ3n) is 1.73. The van der Waals surface area contributed by atoms with Crippen molar-refractivity contribution in [2.45, 2.75) is 13.1 Å². The molecule has 0 aliphatic heterocycles. The van der Waals surface area contributed by atoms with E-state index in [-0.39, 0.29) is 0 Å². The molecule has 0 spiro atoms. The molecule has 0 bridgehead atoms. The van der Waals surface area contributed by atoms with Crippen molar-refractivity contribution in [2.75, 3.05) is 7.11 Å². The highest BCUT2D eigenvalue weighted by Gasteiger charge is 2.07. The molecule has 4 heteroatoms. The molecule has 0 aliphatic carbocycles. The van der Waals surface area contributed by atoms with E-state index in [1.807, 2.05) is 25.1 Å². The number of rotatable bonds is 3. The van der Waals surface area contributed by atoms with Crippen molar-refractivity contribution in [3.05, 3.63) is 29.3 Å². The van der Waals surface area contributed by atoms with Gasteiger partial charge in [-0.3, -0.25) is 0 Å². The van der Waals surface area contributed by atoms with Gasteiger partial charge in [-0.05, 0) is 18.6 Å². The molecule has 0 radical (unpaired) electrons. The summed E-state index contributed by atoms with van der Waals surface area (Å²) in [5.74, 6) is 0.869. The molecule has 72 valence electrons. The Morgan fingerprint density at radius 3 is 2.62 bits per heavy atom. The normalized spacial score (nSPS) is 10.5. The molecule has 0 saturated carbocycles. The van der Waals surface area contributed by atoms with Crippen LogP contribution in [0, 0.1) is 6.92 Å². The quantitative estimate of drug-likeness (QED) is 0.712. The summed E-state index contributed by atoms with van der Waals surface area (Å²) >= 11 is 11.5. The number of hydrogen-bond acceptors (Lipinski definition) is 1. The summed E-state index contributed by atoms with van der Waals surface area (Å²) in [7, 11) is 1.66. The number of aryl methyl sites for hydroxylation is 1. The van der Waals surface area contributed by atoms with E-state index in [1.54, 1.807) is 7.11 Å². The van der Waals surface area contributed by atoms with Crippen LogP contribution < -0.4 is 4.74 Å². The van der Waals surface area contributed by atoms with Crippen LogP contribution in [0.2, 0.25) is 0 Å². The molecule has 0 amide bonds. The molecule has 0 heterocycles. The fourth-order valence-corrected chi connectivity index (χ4v) is 2.40. The predicted molar refractivity (Wildman–Crippen MR) is 60.1 cm³/mol. The summed E-state index contributed by atoms with van der Waals surface area (Å²) in [5.41, 5.74) is 2.25. The van der Waals surface area contributed by atoms with Crippen LogP contribution in [0.1, 0.15) is 11.1 Å². The van der Waals surface area contributed by atoms with Gasteiger partial charge in [0.25, 0.3) is 0 Å². The maximum Gasteiger partial charge on any atom is 0.122 e. The van der Waals surface area contributed by atoms with Gasteiger partial charge in [-0.2, -0.15) is 0 Å². The molecule has 0 aromatic heterocycles. The molecule has 0 unspecified atom stereocenters. The van der Waals surface area contributed by atoms with Gasteiger partial charge in [-0.1, -0.05) is 34.6 Å². The number of methoxy groups -OCH3 is 1. The van der Waals surface area contributed by atoms with E-state index in [0.29, 0.717) is 6.16 Å². The van der Waals surface area contributed by atoms with Crippen molar-refractivity contribution in [3.8, 4) is 5.75 Å². The van der Waals surface area contributed by atoms with Gasteiger partial charge in [0.05, 0.1) is 13.7 Å². The Labute approximate surface area is 89.3 Å². The highest BCUT2D eigenvalue weighted by Crippen LogP contribution is 2.51. The fourth-order valence-electron chi connectivity index (χ4n) is 1.11. The number of benzene rings is 1. The first-order valence-electron chi connectivity index (χ1n) is 3.86. The van der Waals surface area contributed by atoms with Gasteiger partial charge < -0.3 is 4.74 Å². The van der Waals surface area contributed by atoms with Gasteiger partial charge in [0.15, 0.2) is 0 Å². The Balaban J connectivity index is 2.92. The lowest BCUT2D eigenvalue weighted by Crippen LogP contribution is -1.90. The second kappa shape index (κ2) is 5.05. The molecule has 13 heavy (non-hydrogen) atoms. The highest BCUT2D eigenvalue weighted by molar-refractivity contribution is 8.03. The van der Waals surface area contributed by atoms with E-state index in [1.165, 1.54) is 5.56 Å². The predicted octanol–water partition coefficient (Wildman–Crippen LogP) is 4.29. The van der Waals surface area contributed by atoms with E-state index >= 15 is 0 Å². The largest absolute Gasteiger partial charge is 0.496 e. The number of halogens is 2. The van der Waals surface area contributed by atoms with Crippen molar-refractivity contribution in [2.24, 2.45) is 0 Å². The lowest BCUT2D eigenvalue weighted by Gasteiger charge is -2.09. The molecule has 0 N–H and O–H groups in total. The Hall–Kier alpha value is 0.0300. The summed E-state index contributed by atoms with van der Waals surface area (Å²) in [6, 6.07) is 6.03. The van der Waals surface area contributed by atoms with Gasteiger partial charge in [-0.25, -0.2) is 0 Å². The fraction of sp³-hybridized carbons (Fsp3) is 0.333. The first kappa shape index (κ1) is 11.1. The summed E-state index contributed by atoms with van der Waals surface area (Å²) < 4.78 is 5.22. The molecule has 1 rings (SSSR count). The average Bonchev–Trinajstić information content (AvgIpc) is 2.07. The van der Waals surface area contributed by atoms with Crippen molar-refractivity contribution in [3.63, 3.8) is 0 Å². The maximum absolute atomic E-state index is 5.76. The number of ether oxygens (including phenoxy) is 1. The van der Waals surface area contributed by atoms with Gasteiger partial charge in [0.1, 0.15) is 5.75 Å². The van der Waals surface area contributed by atoms with E-state index in [9.17, 15) is 0 Å². The summed E-state index contributed by atoms with van der Waals surface area (Å²) in [4.78, 5) is 0. The molecule has 0 fully saturated rings. The van der Waals surface area contributed by atoms with E-state index in [4.69, 9.17) is 27.2 Å². The lowest BCUT2D eigenvalue weighted by atomic mass is 10.1. The standard InChI is InChI=1S/C9H11Cl2OP/c1-7-3-4-8(6-13(10)11)9(5-7)12-2/h3-5H,6H2,1-2H3. The van der Waals surface area contributed by atoms with Crippen LogP contribution in [-0.2, 0) is 6.16 Å². The van der Waals surface area contributed by atoms with Crippen LogP contribution in [0.4, 0.5) is 0 Å². The second-order valence-corrected chi connectivity index (χ2v) is 6.67. The van der Waals surface area contributed by atoms with E-state index in [0.717, 1.165) is 11.3 Å². The Kier molecular flexibility index (Phi) is 4.31. The minimum Gasteiger partial charge on any atom is -0.496 e. The lowest BCUT2D eigenvalue weighted by molar-refractivity contribution is 0.411. The van der Waals surface area contributed by atoms with Crippen LogP contribution in [0.15, 0.2) is 18.2 Å². The Bertz CT molecular complexity index is 289. The Morgan fingerprint density at radius 2 is 2.08 bits per heavy atom. The number of hydrogen-bond donors (Lipinski definition) is 0. The van der Waals surface area contributed by atoms with Gasteiger partial charge in [-0.15, -0.1) is 0 Å². The maximum atomic E-state index is 5.76. The molecule has 1 aromatic rings. The van der Waals surface area contributed by atoms with Crippen molar-refractivity contribution < 1.29 is 4.74 Å². The average molecular weight is 237 g/mol. The van der Waals surface area contributed by atoms with Crippen molar-refractivity contribution >= 4 is 29.1 Å². The third kappa shape index (κ3) is 3.34. The second-order valence-electron chi connectivity index (χ2n) is 2.78. The first-order valence-corrected chi connectivity index (χ1v) is 7.20. The monoisotopic (exact) mass is 236 g/mol. The minimum absolute atomic E-state index is 0.682. The third-order valence-corrected chi connectivity index (χ3v) is 3.03. The molecule has 1 aromatic carbocycles. The topological polar surface area (TPSA) is 9.23 Å².